The van der Waals surface area contributed by atoms with Gasteiger partial charge in [0, 0.05) is 17.9 Å². The van der Waals surface area contributed by atoms with E-state index in [2.05, 4.69) is 9.98 Å². The Balaban J connectivity index is 2.30. The summed E-state index contributed by atoms with van der Waals surface area (Å²) in [4.78, 5) is 7.57. The maximum absolute atomic E-state index is 12.5. The molecule has 1 unspecified atom stereocenters. The molecular formula is C10H8ClF3N2OS. The molecule has 1 aliphatic rings. The molecule has 18 heavy (non-hydrogen) atoms. The Bertz CT molecular complexity index is 493. The fraction of sp³-hybridized carbons (Fsp3) is 0.400. The number of halogens is 4. The molecule has 0 aliphatic carbocycles. The molecule has 1 aliphatic heterocycles. The van der Waals surface area contributed by atoms with Gasteiger partial charge >= 0.3 is 6.18 Å². The van der Waals surface area contributed by atoms with Crippen LogP contribution in [0.25, 0.3) is 0 Å². The summed E-state index contributed by atoms with van der Waals surface area (Å²) in [6, 6.07) is 1.31. The van der Waals surface area contributed by atoms with Gasteiger partial charge in [-0.2, -0.15) is 13.2 Å². The van der Waals surface area contributed by atoms with E-state index in [9.17, 15) is 13.2 Å². The van der Waals surface area contributed by atoms with Crippen LogP contribution in [0.1, 0.15) is 5.69 Å². The van der Waals surface area contributed by atoms with Crippen LogP contribution in [0.3, 0.4) is 0 Å². The van der Waals surface area contributed by atoms with Gasteiger partial charge in [0.15, 0.2) is 6.04 Å². The van der Waals surface area contributed by atoms with E-state index in [1.54, 1.807) is 0 Å². The predicted molar refractivity (Wildman–Crippen MR) is 64.6 cm³/mol. The van der Waals surface area contributed by atoms with Crippen molar-refractivity contribution in [1.82, 2.24) is 4.98 Å². The highest BCUT2D eigenvalue weighted by Crippen LogP contribution is 2.33. The molecular weight excluding hydrogens is 289 g/mol. The number of pyridine rings is 1. The van der Waals surface area contributed by atoms with Crippen molar-refractivity contribution in [2.75, 3.05) is 12.9 Å². The quantitative estimate of drug-likeness (QED) is 0.786. The molecule has 0 saturated heterocycles. The standard InChI is InChI=1S/C10H8ClF3N2OS/c1-17-5-2-6(15-8(11)3-5)9-16-7(4-18-9)10(12,13)14/h2-3,7H,4H2,1H3. The number of hydrogen-bond acceptors (Lipinski definition) is 4. The molecule has 1 aromatic heterocycles. The fourth-order valence-corrected chi connectivity index (χ4v) is 2.61. The Morgan fingerprint density at radius 1 is 1.44 bits per heavy atom. The van der Waals surface area contributed by atoms with Gasteiger partial charge in [0.1, 0.15) is 21.6 Å². The molecule has 0 saturated carbocycles. The summed E-state index contributed by atoms with van der Waals surface area (Å²) in [5, 5.41) is 0.390. The average molecular weight is 297 g/mol. The van der Waals surface area contributed by atoms with Crippen LogP contribution in [0, 0.1) is 0 Å². The summed E-state index contributed by atoms with van der Waals surface area (Å²) < 4.78 is 42.4. The number of hydrogen-bond donors (Lipinski definition) is 0. The number of methoxy groups -OCH3 is 1. The number of nitrogens with zero attached hydrogens (tertiary/aromatic N) is 2. The monoisotopic (exact) mass is 296 g/mol. The van der Waals surface area contributed by atoms with Crippen molar-refractivity contribution in [2.45, 2.75) is 12.2 Å². The topological polar surface area (TPSA) is 34.5 Å². The lowest BCUT2D eigenvalue weighted by Crippen LogP contribution is -2.26. The van der Waals surface area contributed by atoms with Crippen molar-refractivity contribution in [1.29, 1.82) is 0 Å². The van der Waals surface area contributed by atoms with Crippen LogP contribution in [0.2, 0.25) is 5.15 Å². The van der Waals surface area contributed by atoms with Gasteiger partial charge in [-0.05, 0) is 0 Å². The molecule has 8 heteroatoms. The largest absolute Gasteiger partial charge is 0.497 e. The molecule has 98 valence electrons. The summed E-state index contributed by atoms with van der Waals surface area (Å²) in [5.74, 6) is 0.304. The van der Waals surface area contributed by atoms with E-state index in [4.69, 9.17) is 16.3 Å². The third-order valence-corrected chi connectivity index (χ3v) is 3.52. The smallest absolute Gasteiger partial charge is 0.411 e. The number of aliphatic imine (C=N–C) groups is 1. The number of thioether (sulfide) groups is 1. The summed E-state index contributed by atoms with van der Waals surface area (Å²) in [6.45, 7) is 0. The second-order valence-electron chi connectivity index (χ2n) is 3.52. The third kappa shape index (κ3) is 2.89. The van der Waals surface area contributed by atoms with E-state index in [-0.39, 0.29) is 15.9 Å². The molecule has 0 amide bonds. The van der Waals surface area contributed by atoms with Gasteiger partial charge in [0.05, 0.1) is 7.11 Å². The summed E-state index contributed by atoms with van der Waals surface area (Å²) in [7, 11) is 1.44. The minimum Gasteiger partial charge on any atom is -0.497 e. The molecule has 0 aromatic carbocycles. The molecule has 0 radical (unpaired) electrons. The van der Waals surface area contributed by atoms with Crippen LogP contribution in [0.5, 0.6) is 5.75 Å². The van der Waals surface area contributed by atoms with E-state index in [0.717, 1.165) is 11.8 Å². The van der Waals surface area contributed by atoms with Gasteiger partial charge in [0.2, 0.25) is 0 Å². The maximum Gasteiger partial charge on any atom is 0.411 e. The van der Waals surface area contributed by atoms with Crippen molar-refractivity contribution < 1.29 is 17.9 Å². The molecule has 0 bridgehead atoms. The third-order valence-electron chi connectivity index (χ3n) is 2.25. The predicted octanol–water partition coefficient (Wildman–Crippen LogP) is 3.17. The molecule has 2 rings (SSSR count). The molecule has 1 atom stereocenters. The second kappa shape index (κ2) is 4.97. The first-order chi connectivity index (χ1) is 8.40. The fourth-order valence-electron chi connectivity index (χ4n) is 1.38. The highest BCUT2D eigenvalue weighted by Gasteiger charge is 2.42. The van der Waals surface area contributed by atoms with Gasteiger partial charge in [-0.15, -0.1) is 11.8 Å². The van der Waals surface area contributed by atoms with Gasteiger partial charge in [-0.1, -0.05) is 11.6 Å². The Morgan fingerprint density at radius 2 is 2.17 bits per heavy atom. The summed E-state index contributed by atoms with van der Waals surface area (Å²) in [5.41, 5.74) is 0.302. The summed E-state index contributed by atoms with van der Waals surface area (Å²) >= 11 is 6.77. The first-order valence-corrected chi connectivity index (χ1v) is 6.26. The number of aromatic nitrogens is 1. The molecule has 0 spiro atoms. The zero-order valence-electron chi connectivity index (χ0n) is 9.16. The van der Waals surface area contributed by atoms with Crippen LogP contribution in [-0.2, 0) is 0 Å². The van der Waals surface area contributed by atoms with Crippen LogP contribution in [0.15, 0.2) is 17.1 Å². The van der Waals surface area contributed by atoms with E-state index in [0.29, 0.717) is 11.4 Å². The Kier molecular flexibility index (Phi) is 3.72. The Hall–Kier alpha value is -0.950. The molecule has 0 N–H and O–H groups in total. The van der Waals surface area contributed by atoms with E-state index < -0.39 is 12.2 Å². The molecule has 3 nitrogen and oxygen atoms in total. The van der Waals surface area contributed by atoms with Crippen molar-refractivity contribution in [3.8, 4) is 5.75 Å². The summed E-state index contributed by atoms with van der Waals surface area (Å²) in [6.07, 6.45) is -4.32. The molecule has 0 fully saturated rings. The highest BCUT2D eigenvalue weighted by atomic mass is 35.5. The Morgan fingerprint density at radius 3 is 2.72 bits per heavy atom. The lowest BCUT2D eigenvalue weighted by atomic mass is 10.3. The second-order valence-corrected chi connectivity index (χ2v) is 4.91. The number of ether oxygens (including phenoxy) is 1. The first-order valence-electron chi connectivity index (χ1n) is 4.89. The van der Waals surface area contributed by atoms with E-state index in [1.807, 2.05) is 0 Å². The SMILES string of the molecule is COc1cc(Cl)nc(C2=NC(C(F)(F)F)CS2)c1. The zero-order chi connectivity index (χ0) is 13.3. The van der Waals surface area contributed by atoms with Crippen molar-refractivity contribution in [2.24, 2.45) is 4.99 Å². The zero-order valence-corrected chi connectivity index (χ0v) is 10.7. The average Bonchev–Trinajstić information content (AvgIpc) is 2.77. The van der Waals surface area contributed by atoms with Crippen molar-refractivity contribution >= 4 is 28.4 Å². The van der Waals surface area contributed by atoms with E-state index >= 15 is 0 Å². The number of alkyl halides is 3. The maximum atomic E-state index is 12.5. The van der Waals surface area contributed by atoms with Crippen molar-refractivity contribution in [3.05, 3.63) is 23.0 Å². The first kappa shape index (κ1) is 13.5. The molecule has 1 aromatic rings. The van der Waals surface area contributed by atoms with E-state index in [1.165, 1.54) is 19.2 Å². The molecule has 2 heterocycles. The Labute approximate surface area is 110 Å². The van der Waals surface area contributed by atoms with Gasteiger partial charge in [-0.3, -0.25) is 4.99 Å². The highest BCUT2D eigenvalue weighted by molar-refractivity contribution is 8.14. The van der Waals surface area contributed by atoms with Crippen LogP contribution in [-0.4, -0.2) is 35.1 Å². The minimum absolute atomic E-state index is 0.130. The minimum atomic E-state index is -4.32. The van der Waals surface area contributed by atoms with Gasteiger partial charge in [0.25, 0.3) is 0 Å². The lowest BCUT2D eigenvalue weighted by molar-refractivity contribution is -0.141. The van der Waals surface area contributed by atoms with Gasteiger partial charge in [-0.25, -0.2) is 4.98 Å². The van der Waals surface area contributed by atoms with Crippen LogP contribution in [0.4, 0.5) is 13.2 Å². The van der Waals surface area contributed by atoms with Crippen LogP contribution >= 0.6 is 23.4 Å². The normalized spacial score (nSPS) is 19.8. The van der Waals surface area contributed by atoms with Crippen LogP contribution < -0.4 is 4.74 Å². The number of rotatable bonds is 2. The van der Waals surface area contributed by atoms with Gasteiger partial charge < -0.3 is 4.74 Å². The van der Waals surface area contributed by atoms with Crippen molar-refractivity contribution in [3.63, 3.8) is 0 Å². The lowest BCUT2D eigenvalue weighted by Gasteiger charge is -2.09.